The number of fused-ring (bicyclic) bond motifs is 1. The molecular formula is C32H38ClN3O5. The maximum Gasteiger partial charge on any atom is 0.407 e. The number of aromatic nitrogens is 1. The number of amides is 1. The van der Waals surface area contributed by atoms with Crippen LogP contribution in [0.5, 0.6) is 11.5 Å². The predicted octanol–water partition coefficient (Wildman–Crippen LogP) is 7.36. The Bertz CT molecular complexity index is 1460. The molecule has 2 fully saturated rings. The van der Waals surface area contributed by atoms with E-state index in [-0.39, 0.29) is 34.6 Å². The van der Waals surface area contributed by atoms with Gasteiger partial charge in [-0.15, -0.1) is 0 Å². The summed E-state index contributed by atoms with van der Waals surface area (Å²) in [5.74, 6) is 0.768. The van der Waals surface area contributed by atoms with Crippen molar-refractivity contribution in [1.29, 1.82) is 0 Å². The molecule has 41 heavy (non-hydrogen) atoms. The summed E-state index contributed by atoms with van der Waals surface area (Å²) in [6.07, 6.45) is 6.92. The molecule has 0 spiro atoms. The van der Waals surface area contributed by atoms with Crippen LogP contribution in [0.3, 0.4) is 0 Å². The van der Waals surface area contributed by atoms with Crippen molar-refractivity contribution in [2.45, 2.75) is 70.9 Å². The van der Waals surface area contributed by atoms with Crippen molar-refractivity contribution in [1.82, 2.24) is 10.3 Å². The molecule has 8 nitrogen and oxygen atoms in total. The number of alkyl carbamates (subject to hydrolysis) is 1. The number of benzene rings is 2. The normalized spacial score (nSPS) is 19.0. The van der Waals surface area contributed by atoms with Crippen LogP contribution in [0, 0.1) is 11.8 Å². The summed E-state index contributed by atoms with van der Waals surface area (Å²) >= 11 is 6.28. The van der Waals surface area contributed by atoms with Crippen LogP contribution >= 0.6 is 11.6 Å². The quantitative estimate of drug-likeness (QED) is 0.239. The third-order valence-corrected chi connectivity index (χ3v) is 8.08. The summed E-state index contributed by atoms with van der Waals surface area (Å²) in [5, 5.41) is 17.9. The number of aromatic hydroxyl groups is 1. The first-order valence-electron chi connectivity index (χ1n) is 14.3. The molecule has 2 aliphatic rings. The van der Waals surface area contributed by atoms with Crippen LogP contribution in [0.4, 0.5) is 10.5 Å². The molecule has 5 rings (SSSR count). The topological polar surface area (TPSA) is 110 Å². The van der Waals surface area contributed by atoms with Gasteiger partial charge in [-0.3, -0.25) is 9.78 Å². The Balaban J connectivity index is 1.38. The molecule has 3 N–H and O–H groups in total. The van der Waals surface area contributed by atoms with E-state index in [4.69, 9.17) is 21.1 Å². The third-order valence-electron chi connectivity index (χ3n) is 7.79. The van der Waals surface area contributed by atoms with Gasteiger partial charge in [-0.25, -0.2) is 4.79 Å². The van der Waals surface area contributed by atoms with Crippen LogP contribution < -0.4 is 15.4 Å². The zero-order chi connectivity index (χ0) is 29.3. The number of ether oxygens (including phenoxy) is 2. The van der Waals surface area contributed by atoms with Crippen LogP contribution in [0.2, 0.25) is 5.02 Å². The molecule has 9 heteroatoms. The maximum atomic E-state index is 13.3. The molecule has 1 amide bonds. The lowest BCUT2D eigenvalue weighted by atomic mass is 9.85. The zero-order valence-corrected chi connectivity index (χ0v) is 24.8. The van der Waals surface area contributed by atoms with Gasteiger partial charge < -0.3 is 25.2 Å². The number of phenols is 1. The number of pyridine rings is 1. The van der Waals surface area contributed by atoms with E-state index in [0.717, 1.165) is 66.2 Å². The highest BCUT2D eigenvalue weighted by Gasteiger charge is 2.33. The summed E-state index contributed by atoms with van der Waals surface area (Å²) < 4.78 is 10.7. The third kappa shape index (κ3) is 6.87. The molecule has 1 aromatic heterocycles. The van der Waals surface area contributed by atoms with Crippen molar-refractivity contribution in [2.75, 3.05) is 19.0 Å². The molecule has 0 radical (unpaired) electrons. The Hall–Kier alpha value is -3.52. The number of nitrogens with one attached hydrogen (secondary N) is 2. The molecule has 0 atom stereocenters. The van der Waals surface area contributed by atoms with Crippen molar-refractivity contribution < 1.29 is 24.2 Å². The average Bonchev–Trinajstić information content (AvgIpc) is 3.78. The van der Waals surface area contributed by atoms with Gasteiger partial charge in [0.05, 0.1) is 28.9 Å². The van der Waals surface area contributed by atoms with E-state index in [1.807, 2.05) is 39.0 Å². The van der Waals surface area contributed by atoms with E-state index in [1.165, 1.54) is 7.11 Å². The minimum atomic E-state index is -0.519. The largest absolute Gasteiger partial charge is 0.503 e. The highest BCUT2D eigenvalue weighted by molar-refractivity contribution is 6.32. The first-order chi connectivity index (χ1) is 19.5. The van der Waals surface area contributed by atoms with Crippen LogP contribution in [0.1, 0.15) is 69.7 Å². The molecule has 2 aliphatic carbocycles. The summed E-state index contributed by atoms with van der Waals surface area (Å²) in [5.41, 5.74) is 3.38. The number of Topliss-reactive ketones (excluding diaryl/α,β-unsaturated/α-hetero) is 1. The number of hydrogen-bond acceptors (Lipinski definition) is 7. The van der Waals surface area contributed by atoms with Crippen LogP contribution in [-0.2, 0) is 4.74 Å². The number of rotatable bonds is 8. The van der Waals surface area contributed by atoms with Gasteiger partial charge in [0.15, 0.2) is 17.3 Å². The summed E-state index contributed by atoms with van der Waals surface area (Å²) in [4.78, 5) is 30.1. The van der Waals surface area contributed by atoms with Gasteiger partial charge in [0, 0.05) is 30.1 Å². The first kappa shape index (κ1) is 29.0. The van der Waals surface area contributed by atoms with Crippen LogP contribution in [0.25, 0.3) is 22.0 Å². The smallest absolute Gasteiger partial charge is 0.407 e. The molecule has 2 saturated carbocycles. The van der Waals surface area contributed by atoms with Gasteiger partial charge in [-0.1, -0.05) is 17.7 Å². The number of carbonyl (C=O) groups is 2. The molecule has 1 heterocycles. The van der Waals surface area contributed by atoms with Crippen molar-refractivity contribution in [3.63, 3.8) is 0 Å². The molecule has 218 valence electrons. The second kappa shape index (κ2) is 11.8. The molecule has 2 aromatic carbocycles. The maximum absolute atomic E-state index is 13.3. The number of hydrogen-bond donors (Lipinski definition) is 3. The van der Waals surface area contributed by atoms with Crippen molar-refractivity contribution in [3.8, 4) is 22.6 Å². The Kier molecular flexibility index (Phi) is 8.32. The number of carbonyl (C=O) groups excluding carboxylic acids is 2. The van der Waals surface area contributed by atoms with Crippen molar-refractivity contribution in [3.05, 3.63) is 47.1 Å². The first-order valence-corrected chi connectivity index (χ1v) is 14.7. The van der Waals surface area contributed by atoms with E-state index in [9.17, 15) is 14.7 Å². The molecule has 3 aromatic rings. The highest BCUT2D eigenvalue weighted by Crippen LogP contribution is 2.41. The molecule has 0 saturated heterocycles. The molecule has 0 bridgehead atoms. The number of phenolic OH excluding ortho intramolecular Hbond substituents is 1. The molecule has 0 aliphatic heterocycles. The van der Waals surface area contributed by atoms with Gasteiger partial charge in [0.1, 0.15) is 5.60 Å². The Morgan fingerprint density at radius 3 is 2.44 bits per heavy atom. The van der Waals surface area contributed by atoms with Crippen molar-refractivity contribution >= 4 is 40.1 Å². The number of halogens is 1. The van der Waals surface area contributed by atoms with Crippen LogP contribution in [0.15, 0.2) is 36.5 Å². The van der Waals surface area contributed by atoms with Gasteiger partial charge in [-0.05, 0) is 101 Å². The number of nitrogens with zero attached hydrogens (tertiary/aromatic N) is 1. The Morgan fingerprint density at radius 2 is 1.78 bits per heavy atom. The number of anilines is 1. The SMILES string of the molecule is COc1cc(-c2ccc3ncc(C(=O)C4CC4)c(N[C@H]4CC[C@H](CNC(=O)OC(C)(C)C)CC4)c3c2)cc(Cl)c1O. The predicted molar refractivity (Wildman–Crippen MR) is 161 cm³/mol. The minimum Gasteiger partial charge on any atom is -0.503 e. The fraction of sp³-hybridized carbons (Fsp3) is 0.469. The van der Waals surface area contributed by atoms with Crippen LogP contribution in [-0.4, -0.2) is 47.3 Å². The molecule has 0 unspecified atom stereocenters. The van der Waals surface area contributed by atoms with E-state index >= 15 is 0 Å². The summed E-state index contributed by atoms with van der Waals surface area (Å²) in [6.45, 7) is 6.16. The zero-order valence-electron chi connectivity index (χ0n) is 24.1. The van der Waals surface area contributed by atoms with Gasteiger partial charge >= 0.3 is 6.09 Å². The minimum absolute atomic E-state index is 0.0628. The fourth-order valence-electron chi connectivity index (χ4n) is 5.43. The van der Waals surface area contributed by atoms with E-state index in [0.29, 0.717) is 23.8 Å². The fourth-order valence-corrected chi connectivity index (χ4v) is 5.64. The van der Waals surface area contributed by atoms with Gasteiger partial charge in [-0.2, -0.15) is 0 Å². The monoisotopic (exact) mass is 579 g/mol. The Labute approximate surface area is 245 Å². The second-order valence-electron chi connectivity index (χ2n) is 12.2. The number of methoxy groups -OCH3 is 1. The van der Waals surface area contributed by atoms with Crippen molar-refractivity contribution in [2.24, 2.45) is 11.8 Å². The lowest BCUT2D eigenvalue weighted by molar-refractivity contribution is 0.0515. The number of ketones is 1. The van der Waals surface area contributed by atoms with E-state index in [2.05, 4.69) is 15.6 Å². The average molecular weight is 580 g/mol. The summed E-state index contributed by atoms with van der Waals surface area (Å²) in [7, 11) is 1.49. The Morgan fingerprint density at radius 1 is 1.05 bits per heavy atom. The summed E-state index contributed by atoms with van der Waals surface area (Å²) in [6, 6.07) is 9.55. The van der Waals surface area contributed by atoms with E-state index in [1.54, 1.807) is 18.3 Å². The highest BCUT2D eigenvalue weighted by atomic mass is 35.5. The lowest BCUT2D eigenvalue weighted by Crippen LogP contribution is -2.37. The molecular weight excluding hydrogens is 542 g/mol. The lowest BCUT2D eigenvalue weighted by Gasteiger charge is -2.31. The van der Waals surface area contributed by atoms with E-state index < -0.39 is 5.60 Å². The van der Waals surface area contributed by atoms with Gasteiger partial charge in [0.25, 0.3) is 0 Å². The second-order valence-corrected chi connectivity index (χ2v) is 12.6. The standard InChI is InChI=1S/C32H38ClN3O5/c1-32(2,3)41-31(39)35-16-18-5-10-22(11-6-18)36-28-23-13-20(21-14-25(33)30(38)27(15-21)40-4)9-12-26(23)34-17-24(28)29(37)19-7-8-19/h9,12-15,17-19,22,38H,5-8,10-11,16H2,1-4H3,(H,34,36)(H,35,39)/t18-,22-. The van der Waals surface area contributed by atoms with Gasteiger partial charge in [0.2, 0.25) is 0 Å².